The molecule has 0 atom stereocenters. The number of benzene rings is 1. The van der Waals surface area contributed by atoms with Crippen LogP contribution in [0.1, 0.15) is 16.1 Å². The van der Waals surface area contributed by atoms with Crippen molar-refractivity contribution in [2.45, 2.75) is 6.54 Å². The van der Waals surface area contributed by atoms with E-state index in [0.29, 0.717) is 18.2 Å². The lowest BCUT2D eigenvalue weighted by molar-refractivity contribution is 0.0988. The van der Waals surface area contributed by atoms with Crippen molar-refractivity contribution < 1.29 is 4.79 Å². The number of pyridine rings is 1. The van der Waals surface area contributed by atoms with Crippen molar-refractivity contribution >= 4 is 17.5 Å². The van der Waals surface area contributed by atoms with E-state index in [-0.39, 0.29) is 5.91 Å². The first-order valence-corrected chi connectivity index (χ1v) is 7.53. The molecule has 6 heteroatoms. The van der Waals surface area contributed by atoms with Crippen molar-refractivity contribution in [1.29, 1.82) is 0 Å². The SMILES string of the molecule is CN(C(=O)c1ccnc(NCc2cccnc2)n1)c1ccccc1. The molecule has 1 N–H and O–H groups in total. The van der Waals surface area contributed by atoms with Gasteiger partial charge in [0.05, 0.1) is 0 Å². The van der Waals surface area contributed by atoms with Crippen LogP contribution in [0.3, 0.4) is 0 Å². The van der Waals surface area contributed by atoms with E-state index in [4.69, 9.17) is 0 Å². The Morgan fingerprint density at radius 3 is 2.67 bits per heavy atom. The molecule has 3 aromatic rings. The Balaban J connectivity index is 1.71. The molecule has 120 valence electrons. The normalized spacial score (nSPS) is 10.2. The van der Waals surface area contributed by atoms with Crippen molar-refractivity contribution in [2.24, 2.45) is 0 Å². The largest absolute Gasteiger partial charge is 0.350 e. The van der Waals surface area contributed by atoms with Crippen LogP contribution in [-0.2, 0) is 6.54 Å². The number of nitrogens with one attached hydrogen (secondary N) is 1. The van der Waals surface area contributed by atoms with Crippen molar-refractivity contribution in [3.05, 3.63) is 78.4 Å². The van der Waals surface area contributed by atoms with Crippen molar-refractivity contribution in [3.8, 4) is 0 Å². The lowest BCUT2D eigenvalue weighted by Gasteiger charge is -2.17. The third-order valence-corrected chi connectivity index (χ3v) is 3.50. The summed E-state index contributed by atoms with van der Waals surface area (Å²) in [5.41, 5.74) is 2.16. The third kappa shape index (κ3) is 3.73. The Morgan fingerprint density at radius 2 is 1.92 bits per heavy atom. The highest BCUT2D eigenvalue weighted by atomic mass is 16.2. The molecular formula is C18H17N5O. The van der Waals surface area contributed by atoms with Gasteiger partial charge >= 0.3 is 0 Å². The van der Waals surface area contributed by atoms with Crippen LogP contribution in [0.5, 0.6) is 0 Å². The van der Waals surface area contributed by atoms with Gasteiger partial charge in [-0.05, 0) is 29.8 Å². The highest BCUT2D eigenvalue weighted by Gasteiger charge is 2.15. The molecule has 0 spiro atoms. The van der Waals surface area contributed by atoms with E-state index in [1.54, 1.807) is 36.6 Å². The maximum atomic E-state index is 12.6. The Labute approximate surface area is 140 Å². The number of rotatable bonds is 5. The van der Waals surface area contributed by atoms with E-state index < -0.39 is 0 Å². The van der Waals surface area contributed by atoms with E-state index >= 15 is 0 Å². The third-order valence-electron chi connectivity index (χ3n) is 3.50. The smallest absolute Gasteiger partial charge is 0.276 e. The second kappa shape index (κ2) is 7.32. The molecule has 1 aromatic carbocycles. The van der Waals surface area contributed by atoms with Crippen LogP contribution in [-0.4, -0.2) is 27.9 Å². The molecule has 0 saturated heterocycles. The van der Waals surface area contributed by atoms with Gasteiger partial charge in [0.15, 0.2) is 0 Å². The molecule has 24 heavy (non-hydrogen) atoms. The molecule has 3 rings (SSSR count). The van der Waals surface area contributed by atoms with E-state index in [9.17, 15) is 4.79 Å². The predicted octanol–water partition coefficient (Wildman–Crippen LogP) is 2.76. The zero-order valence-electron chi connectivity index (χ0n) is 13.3. The number of hydrogen-bond acceptors (Lipinski definition) is 5. The average Bonchev–Trinajstić information content (AvgIpc) is 2.67. The second-order valence-corrected chi connectivity index (χ2v) is 5.18. The number of nitrogens with zero attached hydrogens (tertiary/aromatic N) is 4. The summed E-state index contributed by atoms with van der Waals surface area (Å²) in [6.45, 7) is 0.542. The van der Waals surface area contributed by atoms with Gasteiger partial charge in [-0.3, -0.25) is 9.78 Å². The van der Waals surface area contributed by atoms with Gasteiger partial charge in [0.25, 0.3) is 5.91 Å². The minimum absolute atomic E-state index is 0.187. The van der Waals surface area contributed by atoms with Crippen molar-refractivity contribution in [3.63, 3.8) is 0 Å². The first-order chi connectivity index (χ1) is 11.7. The summed E-state index contributed by atoms with van der Waals surface area (Å²) in [6, 6.07) is 14.9. The zero-order valence-corrected chi connectivity index (χ0v) is 13.3. The molecule has 0 unspecified atom stereocenters. The summed E-state index contributed by atoms with van der Waals surface area (Å²) in [4.78, 5) is 26.6. The van der Waals surface area contributed by atoms with Crippen LogP contribution in [0, 0.1) is 0 Å². The van der Waals surface area contributed by atoms with E-state index in [1.165, 1.54) is 0 Å². The Kier molecular flexibility index (Phi) is 4.76. The number of hydrogen-bond donors (Lipinski definition) is 1. The quantitative estimate of drug-likeness (QED) is 0.783. The van der Waals surface area contributed by atoms with Crippen LogP contribution in [0.15, 0.2) is 67.1 Å². The van der Waals surface area contributed by atoms with E-state index in [1.807, 2.05) is 42.5 Å². The van der Waals surface area contributed by atoms with Crippen molar-refractivity contribution in [1.82, 2.24) is 15.0 Å². The number of amides is 1. The van der Waals surface area contributed by atoms with E-state index in [2.05, 4.69) is 20.3 Å². The van der Waals surface area contributed by atoms with Gasteiger partial charge in [-0.2, -0.15) is 0 Å². The fourth-order valence-corrected chi connectivity index (χ4v) is 2.19. The minimum Gasteiger partial charge on any atom is -0.350 e. The molecular weight excluding hydrogens is 302 g/mol. The number of carbonyl (C=O) groups excluding carboxylic acids is 1. The second-order valence-electron chi connectivity index (χ2n) is 5.18. The Morgan fingerprint density at radius 1 is 1.08 bits per heavy atom. The summed E-state index contributed by atoms with van der Waals surface area (Å²) in [5.74, 6) is 0.221. The maximum Gasteiger partial charge on any atom is 0.276 e. The van der Waals surface area contributed by atoms with E-state index in [0.717, 1.165) is 11.3 Å². The zero-order chi connectivity index (χ0) is 16.8. The molecule has 0 aliphatic rings. The molecule has 0 radical (unpaired) electrons. The molecule has 0 aliphatic heterocycles. The van der Waals surface area contributed by atoms with Gasteiger partial charge in [0.2, 0.25) is 5.95 Å². The van der Waals surface area contributed by atoms with Crippen LogP contribution >= 0.6 is 0 Å². The maximum absolute atomic E-state index is 12.6. The van der Waals surface area contributed by atoms with Gasteiger partial charge in [-0.1, -0.05) is 24.3 Å². The summed E-state index contributed by atoms with van der Waals surface area (Å²) in [5, 5.41) is 3.10. The Bertz CT molecular complexity index is 808. The highest BCUT2D eigenvalue weighted by molar-refractivity contribution is 6.04. The standard InChI is InChI=1S/C18H17N5O/c1-23(15-7-3-2-4-8-15)17(24)16-9-11-20-18(22-16)21-13-14-6-5-10-19-12-14/h2-12H,13H2,1H3,(H,20,21,22). The summed E-state index contributed by atoms with van der Waals surface area (Å²) in [7, 11) is 1.72. The van der Waals surface area contributed by atoms with Crippen LogP contribution < -0.4 is 10.2 Å². The molecule has 0 saturated carbocycles. The fraction of sp³-hybridized carbons (Fsp3) is 0.111. The minimum atomic E-state index is -0.187. The summed E-state index contributed by atoms with van der Waals surface area (Å²) < 4.78 is 0. The number of anilines is 2. The number of carbonyl (C=O) groups is 1. The molecule has 0 fully saturated rings. The molecule has 0 aliphatic carbocycles. The average molecular weight is 319 g/mol. The summed E-state index contributed by atoms with van der Waals surface area (Å²) >= 11 is 0. The number of aromatic nitrogens is 3. The summed E-state index contributed by atoms with van der Waals surface area (Å²) in [6.07, 6.45) is 5.06. The van der Waals surface area contributed by atoms with Crippen molar-refractivity contribution in [2.75, 3.05) is 17.3 Å². The number of para-hydroxylation sites is 1. The molecule has 2 aromatic heterocycles. The highest BCUT2D eigenvalue weighted by Crippen LogP contribution is 2.14. The monoisotopic (exact) mass is 319 g/mol. The van der Waals surface area contributed by atoms with Gasteiger partial charge in [0, 0.05) is 37.9 Å². The lowest BCUT2D eigenvalue weighted by Crippen LogP contribution is -2.27. The van der Waals surface area contributed by atoms with Crippen LogP contribution in [0.4, 0.5) is 11.6 Å². The molecule has 0 bridgehead atoms. The van der Waals surface area contributed by atoms with Crippen LogP contribution in [0.2, 0.25) is 0 Å². The Hall–Kier alpha value is -3.28. The lowest BCUT2D eigenvalue weighted by atomic mass is 10.2. The predicted molar refractivity (Wildman–Crippen MR) is 92.8 cm³/mol. The topological polar surface area (TPSA) is 71.0 Å². The first kappa shape index (κ1) is 15.6. The first-order valence-electron chi connectivity index (χ1n) is 7.53. The molecule has 2 heterocycles. The van der Waals surface area contributed by atoms with Gasteiger partial charge in [0.1, 0.15) is 5.69 Å². The fourth-order valence-electron chi connectivity index (χ4n) is 2.19. The molecule has 6 nitrogen and oxygen atoms in total. The van der Waals surface area contributed by atoms with Crippen LogP contribution in [0.25, 0.3) is 0 Å². The van der Waals surface area contributed by atoms with Gasteiger partial charge in [-0.15, -0.1) is 0 Å². The molecule has 1 amide bonds. The van der Waals surface area contributed by atoms with Gasteiger partial charge < -0.3 is 10.2 Å². The van der Waals surface area contributed by atoms with Gasteiger partial charge in [-0.25, -0.2) is 9.97 Å².